The molecule has 0 radical (unpaired) electrons. The fraction of sp³-hybridized carbons (Fsp3) is 0.579. The molecular weight excluding hydrogens is 400 g/mol. The maximum Gasteiger partial charge on any atom is 0.410 e. The molecule has 1 N–H and O–H groups in total. The van der Waals surface area contributed by atoms with Gasteiger partial charge in [0.2, 0.25) is 10.0 Å². The average molecular weight is 429 g/mol. The molecular formula is C19H28N2O7S. The highest BCUT2D eigenvalue weighted by molar-refractivity contribution is 7.89. The van der Waals surface area contributed by atoms with Crippen molar-refractivity contribution in [3.63, 3.8) is 0 Å². The standard InChI is InChI=1S/C19H28N2O7S/c1-18(2,3)28-17(23)21-12-10-19(11-13-21,16(22)27-5)20-29(24,25)15-8-6-14(26-4)7-9-15/h6-9,20H,10-13H2,1-5H3. The van der Waals surface area contributed by atoms with Crippen molar-refractivity contribution < 1.29 is 32.2 Å². The SMILES string of the molecule is COC(=O)C1(NS(=O)(=O)c2ccc(OC)cc2)CCN(C(=O)OC(C)(C)C)CC1. The predicted octanol–water partition coefficient (Wildman–Crippen LogP) is 1.92. The highest BCUT2D eigenvalue weighted by Crippen LogP contribution is 2.28. The molecule has 0 atom stereocenters. The molecule has 1 saturated heterocycles. The number of amides is 1. The Morgan fingerprint density at radius 1 is 1.07 bits per heavy atom. The molecule has 0 unspecified atom stereocenters. The topological polar surface area (TPSA) is 111 Å². The van der Waals surface area contributed by atoms with Gasteiger partial charge in [-0.25, -0.2) is 13.2 Å². The van der Waals surface area contributed by atoms with Gasteiger partial charge in [0, 0.05) is 13.1 Å². The highest BCUT2D eigenvalue weighted by Gasteiger charge is 2.47. The van der Waals surface area contributed by atoms with E-state index in [0.29, 0.717) is 5.75 Å². The summed E-state index contributed by atoms with van der Waals surface area (Å²) in [4.78, 5) is 26.2. The van der Waals surface area contributed by atoms with E-state index in [1.165, 1.54) is 43.4 Å². The summed E-state index contributed by atoms with van der Waals surface area (Å²) in [6.45, 7) is 5.58. The van der Waals surface area contributed by atoms with Crippen LogP contribution in [0.25, 0.3) is 0 Å². The molecule has 1 aliphatic rings. The lowest BCUT2D eigenvalue weighted by Crippen LogP contribution is -2.61. The third-order valence-electron chi connectivity index (χ3n) is 4.54. The van der Waals surface area contributed by atoms with Crippen molar-refractivity contribution in [1.29, 1.82) is 0 Å². The van der Waals surface area contributed by atoms with Crippen LogP contribution in [-0.2, 0) is 24.3 Å². The van der Waals surface area contributed by atoms with E-state index in [-0.39, 0.29) is 30.8 Å². The van der Waals surface area contributed by atoms with Crippen LogP contribution in [0.3, 0.4) is 0 Å². The van der Waals surface area contributed by atoms with Crippen molar-refractivity contribution in [3.8, 4) is 5.75 Å². The fourth-order valence-electron chi connectivity index (χ4n) is 3.01. The van der Waals surface area contributed by atoms with Gasteiger partial charge in [0.15, 0.2) is 0 Å². The average Bonchev–Trinajstić information content (AvgIpc) is 2.66. The number of esters is 1. The molecule has 1 aromatic rings. The molecule has 1 amide bonds. The second-order valence-electron chi connectivity index (χ2n) is 7.82. The van der Waals surface area contributed by atoms with Gasteiger partial charge in [-0.05, 0) is 57.9 Å². The van der Waals surface area contributed by atoms with Gasteiger partial charge in [-0.3, -0.25) is 4.79 Å². The largest absolute Gasteiger partial charge is 0.497 e. The van der Waals surface area contributed by atoms with Crippen LogP contribution < -0.4 is 9.46 Å². The van der Waals surface area contributed by atoms with Crippen molar-refractivity contribution in [2.75, 3.05) is 27.3 Å². The molecule has 162 valence electrons. The van der Waals surface area contributed by atoms with Crippen LogP contribution in [0.4, 0.5) is 4.79 Å². The Morgan fingerprint density at radius 3 is 2.07 bits per heavy atom. The molecule has 0 saturated carbocycles. The van der Waals surface area contributed by atoms with Crippen molar-refractivity contribution >= 4 is 22.1 Å². The molecule has 2 rings (SSSR count). The number of nitrogens with one attached hydrogen (secondary N) is 1. The summed E-state index contributed by atoms with van der Waals surface area (Å²) in [6, 6.07) is 5.82. The van der Waals surface area contributed by atoms with E-state index in [4.69, 9.17) is 14.2 Å². The third kappa shape index (κ3) is 5.60. The van der Waals surface area contributed by atoms with Gasteiger partial charge in [-0.2, -0.15) is 4.72 Å². The Kier molecular flexibility index (Phi) is 6.79. The van der Waals surface area contributed by atoms with Gasteiger partial charge in [0.1, 0.15) is 16.9 Å². The molecule has 1 aromatic carbocycles. The van der Waals surface area contributed by atoms with Gasteiger partial charge in [-0.15, -0.1) is 0 Å². The molecule has 0 aliphatic carbocycles. The number of ether oxygens (including phenoxy) is 3. The van der Waals surface area contributed by atoms with E-state index in [2.05, 4.69) is 4.72 Å². The number of carbonyl (C=O) groups excluding carboxylic acids is 2. The summed E-state index contributed by atoms with van der Waals surface area (Å²) in [5.41, 5.74) is -2.12. The first-order valence-electron chi connectivity index (χ1n) is 9.17. The Balaban J connectivity index is 2.19. The van der Waals surface area contributed by atoms with Gasteiger partial charge >= 0.3 is 12.1 Å². The van der Waals surface area contributed by atoms with Crippen molar-refractivity contribution in [2.24, 2.45) is 0 Å². The van der Waals surface area contributed by atoms with Crippen LogP contribution in [0.1, 0.15) is 33.6 Å². The Morgan fingerprint density at radius 2 is 1.62 bits per heavy atom. The van der Waals surface area contributed by atoms with Crippen LogP contribution in [0.2, 0.25) is 0 Å². The zero-order valence-corrected chi connectivity index (χ0v) is 18.2. The maximum atomic E-state index is 12.9. The number of carbonyl (C=O) groups is 2. The highest BCUT2D eigenvalue weighted by atomic mass is 32.2. The number of likely N-dealkylation sites (tertiary alicyclic amines) is 1. The number of hydrogen-bond acceptors (Lipinski definition) is 7. The minimum atomic E-state index is -4.01. The summed E-state index contributed by atoms with van der Waals surface area (Å²) in [5, 5.41) is 0. The lowest BCUT2D eigenvalue weighted by molar-refractivity contribution is -0.149. The summed E-state index contributed by atoms with van der Waals surface area (Å²) in [5.74, 6) is -0.185. The number of piperidine rings is 1. The number of hydrogen-bond donors (Lipinski definition) is 1. The second-order valence-corrected chi connectivity index (χ2v) is 9.50. The first-order chi connectivity index (χ1) is 13.4. The number of sulfonamides is 1. The number of nitrogens with zero attached hydrogens (tertiary/aromatic N) is 1. The summed E-state index contributed by atoms with van der Waals surface area (Å²) >= 11 is 0. The number of benzene rings is 1. The van der Waals surface area contributed by atoms with Crippen LogP contribution in [0.15, 0.2) is 29.2 Å². The molecule has 0 aromatic heterocycles. The van der Waals surface area contributed by atoms with E-state index < -0.39 is 33.2 Å². The van der Waals surface area contributed by atoms with E-state index in [9.17, 15) is 18.0 Å². The van der Waals surface area contributed by atoms with Gasteiger partial charge < -0.3 is 19.1 Å². The third-order valence-corrected chi connectivity index (χ3v) is 6.10. The van der Waals surface area contributed by atoms with E-state index in [1.54, 1.807) is 20.8 Å². The van der Waals surface area contributed by atoms with Crippen molar-refractivity contribution in [3.05, 3.63) is 24.3 Å². The zero-order valence-electron chi connectivity index (χ0n) is 17.4. The number of methoxy groups -OCH3 is 2. The van der Waals surface area contributed by atoms with E-state index in [0.717, 1.165) is 0 Å². The molecule has 1 heterocycles. The van der Waals surface area contributed by atoms with Crippen molar-refractivity contribution in [1.82, 2.24) is 9.62 Å². The number of rotatable bonds is 5. The van der Waals surface area contributed by atoms with Gasteiger partial charge in [-0.1, -0.05) is 0 Å². The molecule has 29 heavy (non-hydrogen) atoms. The first-order valence-corrected chi connectivity index (χ1v) is 10.7. The quantitative estimate of drug-likeness (QED) is 0.713. The minimum Gasteiger partial charge on any atom is -0.497 e. The molecule has 9 nitrogen and oxygen atoms in total. The second kappa shape index (κ2) is 8.58. The fourth-order valence-corrected chi connectivity index (χ4v) is 4.43. The predicted molar refractivity (Wildman–Crippen MR) is 105 cm³/mol. The van der Waals surface area contributed by atoms with Gasteiger partial charge in [0.05, 0.1) is 19.1 Å². The molecule has 1 aliphatic heterocycles. The van der Waals surface area contributed by atoms with E-state index >= 15 is 0 Å². The van der Waals surface area contributed by atoms with Crippen molar-refractivity contribution in [2.45, 2.75) is 49.6 Å². The Hall–Kier alpha value is -2.33. The van der Waals surface area contributed by atoms with Crippen LogP contribution >= 0.6 is 0 Å². The minimum absolute atomic E-state index is 0.00356. The smallest absolute Gasteiger partial charge is 0.410 e. The monoisotopic (exact) mass is 428 g/mol. The lowest BCUT2D eigenvalue weighted by atomic mass is 9.89. The zero-order chi connectivity index (χ0) is 21.9. The molecule has 10 heteroatoms. The summed E-state index contributed by atoms with van der Waals surface area (Å²) in [7, 11) is -1.33. The lowest BCUT2D eigenvalue weighted by Gasteiger charge is -2.40. The molecule has 0 bridgehead atoms. The first kappa shape index (κ1) is 23.0. The molecule has 1 fully saturated rings. The van der Waals surface area contributed by atoms with Crippen LogP contribution in [0.5, 0.6) is 5.75 Å². The van der Waals surface area contributed by atoms with E-state index in [1.807, 2.05) is 0 Å². The maximum absolute atomic E-state index is 12.9. The Bertz CT molecular complexity index is 836. The van der Waals surface area contributed by atoms with Gasteiger partial charge in [0.25, 0.3) is 0 Å². The Labute approximate surface area is 171 Å². The van der Waals surface area contributed by atoms with Crippen LogP contribution in [-0.4, -0.2) is 63.8 Å². The summed E-state index contributed by atoms with van der Waals surface area (Å²) in [6.07, 6.45) is -0.378. The summed E-state index contributed by atoms with van der Waals surface area (Å²) < 4.78 is 43.5. The normalized spacial score (nSPS) is 16.8. The molecule has 0 spiro atoms. The van der Waals surface area contributed by atoms with Crippen LogP contribution in [0, 0.1) is 0 Å².